The number of nitrogens with one attached hydrogen (secondary N) is 1. The van der Waals surface area contributed by atoms with Crippen LogP contribution in [0.4, 0.5) is 11.4 Å². The number of ether oxygens (including phenoxy) is 5. The number of anilines is 2. The van der Waals surface area contributed by atoms with Crippen LogP contribution >= 0.6 is 0 Å². The molecule has 0 fully saturated rings. The van der Waals surface area contributed by atoms with Gasteiger partial charge in [0.05, 0.1) is 62.1 Å². The lowest BCUT2D eigenvalue weighted by Gasteiger charge is -2.35. The van der Waals surface area contributed by atoms with Crippen LogP contribution in [0.25, 0.3) is 21.5 Å². The third-order valence-electron chi connectivity index (χ3n) is 14.8. The molecule has 0 saturated carbocycles. The van der Waals surface area contributed by atoms with E-state index in [1.807, 2.05) is 42.7 Å². The average molecular weight is 1220 g/mol. The summed E-state index contributed by atoms with van der Waals surface area (Å²) < 4.78 is 172. The van der Waals surface area contributed by atoms with Crippen LogP contribution in [0.15, 0.2) is 104 Å². The second-order valence-electron chi connectivity index (χ2n) is 20.5. The number of fused-ring (bicyclic) bond motifs is 6. The van der Waals surface area contributed by atoms with Gasteiger partial charge in [-0.1, -0.05) is 51.5 Å². The summed E-state index contributed by atoms with van der Waals surface area (Å²) in [7, 11) is -17.1. The summed E-state index contributed by atoms with van der Waals surface area (Å²) in [6.45, 7) is 8.35. The van der Waals surface area contributed by atoms with E-state index in [4.69, 9.17) is 23.7 Å². The first kappa shape index (κ1) is 63.8. The highest BCUT2D eigenvalue weighted by Gasteiger charge is 2.48. The molecule has 3 heterocycles. The molecule has 82 heavy (non-hydrogen) atoms. The predicted octanol–water partition coefficient (Wildman–Crippen LogP) is 5.00. The Kier molecular flexibility index (Phi) is 20.3. The van der Waals surface area contributed by atoms with Gasteiger partial charge in [0.1, 0.15) is 9.79 Å². The summed E-state index contributed by atoms with van der Waals surface area (Å²) in [5, 5.41) is 2.91. The van der Waals surface area contributed by atoms with E-state index >= 15 is 0 Å². The quantitative estimate of drug-likeness (QED) is 0.0260. The lowest BCUT2D eigenvalue weighted by Crippen LogP contribution is -2.44. The molecule has 0 bridgehead atoms. The summed E-state index contributed by atoms with van der Waals surface area (Å²) in [5.74, 6) is -1.21. The van der Waals surface area contributed by atoms with Crippen LogP contribution in [-0.2, 0) is 89.4 Å². The number of hydrogen-bond donors (Lipinski definition) is 5. The smallest absolute Gasteiger partial charge is 0.295 e. The fraction of sp³-hybridized carbons (Fsp3) is 0.463. The second kappa shape index (κ2) is 26.0. The summed E-state index contributed by atoms with van der Waals surface area (Å²) in [4.78, 5) is 38.6. The van der Waals surface area contributed by atoms with Crippen molar-refractivity contribution in [2.24, 2.45) is 0 Å². The number of allylic oxidation sites excluding steroid dienone is 3. The molecule has 2 unspecified atom stereocenters. The standard InChI is InChI=1S/C54H68N4O20S4/c1-53(2)46(56(21-8-6-7-12-48(59)55-20-22-58-49(60)17-18-50(58)61)42-15-13-38-40(51(42)53)32-36(79(62,63)64)34-44(38)81(68,69)70)10-9-11-47-54(3,19-24-76-28-29-78-31-30-77-27-26-75-5)52-41-33-37(80(65,66)67)35-45(82(71,72)73)39(41)14-16-43(52)57(47)23-25-74-4/h9-11,13-18,32-35,47H,6-8,12,19-31H2,1-5H3,(H,55,59)(H,62,63,64)(H,65,66,67)(H,68,69,70)(H,71,72,73)/b11-9+,46-10+. The minimum absolute atomic E-state index is 0.0128. The Morgan fingerprint density at radius 3 is 1.66 bits per heavy atom. The maximum absolute atomic E-state index is 13.0. The van der Waals surface area contributed by atoms with Gasteiger partial charge in [0, 0.05) is 104 Å². The van der Waals surface area contributed by atoms with Gasteiger partial charge in [0.15, 0.2) is 0 Å². The number of rotatable bonds is 30. The molecule has 0 saturated heterocycles. The van der Waals surface area contributed by atoms with Crippen molar-refractivity contribution in [3.8, 4) is 0 Å². The van der Waals surface area contributed by atoms with Crippen molar-refractivity contribution in [3.63, 3.8) is 0 Å². The first-order valence-corrected chi connectivity index (χ1v) is 31.9. The largest absolute Gasteiger partial charge is 0.383 e. The number of imide groups is 1. The normalized spacial score (nSPS) is 18.8. The average Bonchev–Trinajstić information content (AvgIpc) is 1.74. The van der Waals surface area contributed by atoms with E-state index in [9.17, 15) is 66.3 Å². The Bertz CT molecular complexity index is 3640. The van der Waals surface area contributed by atoms with Crippen LogP contribution in [-0.4, -0.2) is 174 Å². The molecule has 2 atom stereocenters. The van der Waals surface area contributed by atoms with Crippen molar-refractivity contribution in [2.45, 2.75) is 89.3 Å². The van der Waals surface area contributed by atoms with Gasteiger partial charge < -0.3 is 38.8 Å². The molecule has 0 spiro atoms. The highest BCUT2D eigenvalue weighted by molar-refractivity contribution is 7.87. The molecule has 28 heteroatoms. The molecule has 0 radical (unpaired) electrons. The van der Waals surface area contributed by atoms with Crippen LogP contribution in [0.5, 0.6) is 0 Å². The molecular weight excluding hydrogens is 1150 g/mol. The van der Waals surface area contributed by atoms with Crippen molar-refractivity contribution < 1.29 is 90.0 Å². The Balaban J connectivity index is 1.28. The van der Waals surface area contributed by atoms with E-state index in [0.717, 1.165) is 29.2 Å². The highest BCUT2D eigenvalue weighted by atomic mass is 32.2. The SMILES string of the molecule is COCCOCCOCCOCCC1(C)c2c(ccc3c(S(=O)(=O)O)cc(S(=O)(=O)O)cc23)N(CCOC)C1/C=C/C=C1/N(CCCCCC(=O)NCCN2C(=O)C=CC2=O)c2ccc3c(S(=O)(=O)O)cc(S(=O)(=O)O)cc3c2C1(C)C. The molecule has 0 aromatic heterocycles. The van der Waals surface area contributed by atoms with Gasteiger partial charge in [-0.15, -0.1) is 0 Å². The third kappa shape index (κ3) is 14.3. The summed E-state index contributed by atoms with van der Waals surface area (Å²) in [5.41, 5.74) is 0.480. The number of hydrogen-bond acceptors (Lipinski definition) is 18. The number of unbranched alkanes of at least 4 members (excludes halogenated alkanes) is 2. The van der Waals surface area contributed by atoms with Crippen LogP contribution in [0.3, 0.4) is 0 Å². The molecule has 7 rings (SSSR count). The van der Waals surface area contributed by atoms with Gasteiger partial charge in [-0.25, -0.2) is 0 Å². The molecular formula is C54H68N4O20S4. The van der Waals surface area contributed by atoms with Gasteiger partial charge in [-0.3, -0.25) is 37.5 Å². The van der Waals surface area contributed by atoms with E-state index in [1.165, 1.54) is 19.2 Å². The van der Waals surface area contributed by atoms with Gasteiger partial charge >= 0.3 is 0 Å². The van der Waals surface area contributed by atoms with E-state index in [2.05, 4.69) is 5.32 Å². The van der Waals surface area contributed by atoms with Crippen LogP contribution < -0.4 is 15.1 Å². The molecule has 4 aromatic carbocycles. The Morgan fingerprint density at radius 2 is 1.12 bits per heavy atom. The highest BCUT2D eigenvalue weighted by Crippen LogP contribution is 2.54. The minimum atomic E-state index is -5.08. The third-order valence-corrected chi connectivity index (χ3v) is 18.3. The Hall–Kier alpha value is -5.73. The second-order valence-corrected chi connectivity index (χ2v) is 26.1. The number of nitrogens with zero attached hydrogens (tertiary/aromatic N) is 3. The fourth-order valence-corrected chi connectivity index (χ4v) is 13.7. The molecule has 448 valence electrons. The van der Waals surface area contributed by atoms with E-state index in [1.54, 1.807) is 25.3 Å². The van der Waals surface area contributed by atoms with Crippen molar-refractivity contribution in [3.05, 3.63) is 95.7 Å². The number of methoxy groups -OCH3 is 2. The number of carbonyl (C=O) groups is 3. The zero-order chi connectivity index (χ0) is 60.0. The van der Waals surface area contributed by atoms with Crippen molar-refractivity contribution in [2.75, 3.05) is 103 Å². The monoisotopic (exact) mass is 1220 g/mol. The van der Waals surface area contributed by atoms with Crippen molar-refractivity contribution >= 4 is 91.1 Å². The lowest BCUT2D eigenvalue weighted by molar-refractivity contribution is -0.137. The zero-order valence-electron chi connectivity index (χ0n) is 45.9. The van der Waals surface area contributed by atoms with Crippen molar-refractivity contribution in [1.82, 2.24) is 10.2 Å². The maximum atomic E-state index is 13.0. The lowest BCUT2D eigenvalue weighted by atomic mass is 9.74. The van der Waals surface area contributed by atoms with E-state index in [0.29, 0.717) is 92.6 Å². The van der Waals surface area contributed by atoms with Crippen LogP contribution in [0.1, 0.15) is 64.0 Å². The summed E-state index contributed by atoms with van der Waals surface area (Å²) in [6.07, 6.45) is 9.64. The minimum Gasteiger partial charge on any atom is -0.383 e. The van der Waals surface area contributed by atoms with Gasteiger partial charge in [0.2, 0.25) is 5.91 Å². The molecule has 0 aliphatic carbocycles. The topological polar surface area (TPSA) is 337 Å². The van der Waals surface area contributed by atoms with Gasteiger partial charge in [-0.05, 0) is 83.6 Å². The molecule has 24 nitrogen and oxygen atoms in total. The summed E-state index contributed by atoms with van der Waals surface area (Å²) >= 11 is 0. The first-order valence-electron chi connectivity index (χ1n) is 26.1. The first-order chi connectivity index (χ1) is 38.5. The van der Waals surface area contributed by atoms with E-state index in [-0.39, 0.29) is 86.4 Å². The summed E-state index contributed by atoms with van der Waals surface area (Å²) in [6, 6.07) is 9.22. The van der Waals surface area contributed by atoms with Crippen LogP contribution in [0.2, 0.25) is 0 Å². The zero-order valence-corrected chi connectivity index (χ0v) is 49.2. The van der Waals surface area contributed by atoms with Crippen LogP contribution in [0, 0.1) is 0 Å². The van der Waals surface area contributed by atoms with Gasteiger partial charge in [0.25, 0.3) is 52.3 Å². The molecule has 4 aromatic rings. The predicted molar refractivity (Wildman–Crippen MR) is 301 cm³/mol. The van der Waals surface area contributed by atoms with Crippen molar-refractivity contribution in [1.29, 1.82) is 0 Å². The van der Waals surface area contributed by atoms with E-state index < -0.39 is 88.7 Å². The molecule has 3 aliphatic rings. The molecule has 5 N–H and O–H groups in total. The number of amides is 3. The number of benzene rings is 4. The number of carbonyl (C=O) groups excluding carboxylic acids is 3. The molecule has 3 aliphatic heterocycles. The molecule has 3 amide bonds. The Morgan fingerprint density at radius 1 is 0.598 bits per heavy atom. The van der Waals surface area contributed by atoms with Gasteiger partial charge in [-0.2, -0.15) is 33.7 Å². The maximum Gasteiger partial charge on any atom is 0.295 e. The fourth-order valence-electron chi connectivity index (χ4n) is 11.0. The Labute approximate surface area is 477 Å².